The summed E-state index contributed by atoms with van der Waals surface area (Å²) in [6.45, 7) is 4.19. The van der Waals surface area contributed by atoms with Crippen LogP contribution < -0.4 is 11.1 Å². The number of aryl methyl sites for hydroxylation is 1. The van der Waals surface area contributed by atoms with Crippen molar-refractivity contribution in [1.29, 1.82) is 0 Å². The van der Waals surface area contributed by atoms with Gasteiger partial charge in [-0.2, -0.15) is 18.3 Å². The second-order valence-corrected chi connectivity index (χ2v) is 3.85. The topological polar surface area (TPSA) is 55.9 Å². The van der Waals surface area contributed by atoms with Crippen LogP contribution in [0.4, 0.5) is 24.7 Å². The van der Waals surface area contributed by atoms with Gasteiger partial charge in [-0.25, -0.2) is 4.68 Å². The molecule has 0 spiro atoms. The second-order valence-electron chi connectivity index (χ2n) is 3.85. The molecule has 0 aliphatic carbocycles. The molecule has 0 atom stereocenters. The van der Waals surface area contributed by atoms with Crippen LogP contribution in [-0.4, -0.2) is 22.5 Å². The van der Waals surface area contributed by atoms with Gasteiger partial charge in [-0.1, -0.05) is 0 Å². The Morgan fingerprint density at radius 3 is 2.44 bits per heavy atom. The zero-order chi connectivity index (χ0) is 12.5. The lowest BCUT2D eigenvalue weighted by molar-refractivity contribution is -0.115. The van der Waals surface area contributed by atoms with E-state index in [4.69, 9.17) is 5.73 Å². The maximum atomic E-state index is 12.1. The maximum Gasteiger partial charge on any atom is 0.405 e. The molecule has 0 radical (unpaired) electrons. The fourth-order valence-corrected chi connectivity index (χ4v) is 1.29. The molecular formula is C9H15F3N4. The van der Waals surface area contributed by atoms with Crippen LogP contribution in [0.25, 0.3) is 0 Å². The number of hydrogen-bond donors (Lipinski definition) is 2. The molecular weight excluding hydrogens is 221 g/mol. The van der Waals surface area contributed by atoms with Crippen LogP contribution in [0.1, 0.15) is 25.6 Å². The molecule has 4 nitrogen and oxygen atoms in total. The van der Waals surface area contributed by atoms with Crippen LogP contribution in [0.2, 0.25) is 0 Å². The first-order valence-electron chi connectivity index (χ1n) is 4.87. The lowest BCUT2D eigenvalue weighted by atomic mass is 10.3. The summed E-state index contributed by atoms with van der Waals surface area (Å²) in [5.74, 6) is 0.227. The van der Waals surface area contributed by atoms with Crippen molar-refractivity contribution in [2.45, 2.75) is 33.0 Å². The summed E-state index contributed by atoms with van der Waals surface area (Å²) in [7, 11) is 0. The summed E-state index contributed by atoms with van der Waals surface area (Å²) in [6.07, 6.45) is -4.27. The molecule has 0 aliphatic heterocycles. The molecule has 0 fully saturated rings. The van der Waals surface area contributed by atoms with E-state index in [0.717, 1.165) is 0 Å². The van der Waals surface area contributed by atoms with Crippen molar-refractivity contribution in [3.8, 4) is 0 Å². The van der Waals surface area contributed by atoms with E-state index in [1.807, 2.05) is 13.8 Å². The molecule has 1 rings (SSSR count). The highest BCUT2D eigenvalue weighted by Crippen LogP contribution is 2.26. The molecule has 0 aliphatic rings. The van der Waals surface area contributed by atoms with Crippen LogP contribution in [0.5, 0.6) is 0 Å². The zero-order valence-electron chi connectivity index (χ0n) is 9.39. The average molecular weight is 236 g/mol. The Labute approximate surface area is 91.6 Å². The fraction of sp³-hybridized carbons (Fsp3) is 0.667. The summed E-state index contributed by atoms with van der Waals surface area (Å²) in [4.78, 5) is 0. The van der Waals surface area contributed by atoms with Crippen molar-refractivity contribution in [1.82, 2.24) is 9.78 Å². The van der Waals surface area contributed by atoms with E-state index in [-0.39, 0.29) is 17.5 Å². The van der Waals surface area contributed by atoms with Crippen LogP contribution in [0.3, 0.4) is 0 Å². The molecule has 1 aromatic heterocycles. The molecule has 0 saturated carbocycles. The summed E-state index contributed by atoms with van der Waals surface area (Å²) in [6, 6.07) is -0.0493. The number of hydrogen-bond acceptors (Lipinski definition) is 3. The molecule has 0 unspecified atom stereocenters. The van der Waals surface area contributed by atoms with Crippen molar-refractivity contribution in [3.05, 3.63) is 5.69 Å². The van der Waals surface area contributed by atoms with Crippen LogP contribution in [-0.2, 0) is 0 Å². The molecule has 92 valence electrons. The van der Waals surface area contributed by atoms with Gasteiger partial charge in [-0.05, 0) is 20.8 Å². The molecule has 7 heteroatoms. The third kappa shape index (κ3) is 2.80. The van der Waals surface area contributed by atoms with Crippen molar-refractivity contribution in [2.75, 3.05) is 17.6 Å². The Morgan fingerprint density at radius 1 is 1.44 bits per heavy atom. The smallest absolute Gasteiger partial charge is 0.394 e. The maximum absolute atomic E-state index is 12.1. The molecule has 0 saturated heterocycles. The monoisotopic (exact) mass is 236 g/mol. The number of nitrogen functional groups attached to an aromatic ring is 1. The first-order chi connectivity index (χ1) is 7.22. The zero-order valence-corrected chi connectivity index (χ0v) is 9.39. The number of alkyl halides is 3. The van der Waals surface area contributed by atoms with E-state index in [9.17, 15) is 13.2 Å². The summed E-state index contributed by atoms with van der Waals surface area (Å²) in [5.41, 5.74) is 6.45. The van der Waals surface area contributed by atoms with Gasteiger partial charge in [-0.3, -0.25) is 0 Å². The minimum Gasteiger partial charge on any atom is -0.394 e. The molecule has 0 aromatic carbocycles. The Morgan fingerprint density at radius 2 is 2.00 bits per heavy atom. The number of nitrogens with zero attached hydrogens (tertiary/aromatic N) is 2. The fourth-order valence-electron chi connectivity index (χ4n) is 1.29. The van der Waals surface area contributed by atoms with Gasteiger partial charge >= 0.3 is 6.18 Å². The minimum atomic E-state index is -4.27. The van der Waals surface area contributed by atoms with Crippen LogP contribution in [0, 0.1) is 6.92 Å². The average Bonchev–Trinajstić information content (AvgIpc) is 2.39. The quantitative estimate of drug-likeness (QED) is 0.846. The Hall–Kier alpha value is -1.40. The van der Waals surface area contributed by atoms with Crippen LogP contribution >= 0.6 is 0 Å². The predicted octanol–water partition coefficient (Wildman–Crippen LogP) is 2.33. The van der Waals surface area contributed by atoms with E-state index in [2.05, 4.69) is 10.4 Å². The Bertz CT molecular complexity index is 368. The van der Waals surface area contributed by atoms with Gasteiger partial charge in [0, 0.05) is 6.04 Å². The predicted molar refractivity (Wildman–Crippen MR) is 56.3 cm³/mol. The van der Waals surface area contributed by atoms with E-state index in [1.165, 1.54) is 4.68 Å². The number of anilines is 2. The number of aromatic nitrogens is 2. The highest BCUT2D eigenvalue weighted by atomic mass is 19.4. The number of nitrogens with two attached hydrogens (primary N) is 1. The molecule has 0 amide bonds. The molecule has 0 bridgehead atoms. The minimum absolute atomic E-state index is 0.0493. The molecule has 1 heterocycles. The van der Waals surface area contributed by atoms with Crippen molar-refractivity contribution in [2.24, 2.45) is 0 Å². The first-order valence-corrected chi connectivity index (χ1v) is 4.87. The van der Waals surface area contributed by atoms with Gasteiger partial charge in [0.2, 0.25) is 0 Å². The standard InChI is InChI=1S/C9H15F3N4/c1-5(2)16-8(7(13)6(3)15-16)14-4-9(10,11)12/h5,14H,4,13H2,1-3H3. The normalized spacial score (nSPS) is 12.2. The van der Waals surface area contributed by atoms with Gasteiger partial charge in [0.1, 0.15) is 12.4 Å². The highest BCUT2D eigenvalue weighted by molar-refractivity contribution is 5.64. The first kappa shape index (κ1) is 12.7. The van der Waals surface area contributed by atoms with Gasteiger partial charge < -0.3 is 11.1 Å². The van der Waals surface area contributed by atoms with Gasteiger partial charge in [-0.15, -0.1) is 0 Å². The largest absolute Gasteiger partial charge is 0.405 e. The lowest BCUT2D eigenvalue weighted by Gasteiger charge is -2.14. The van der Waals surface area contributed by atoms with E-state index in [0.29, 0.717) is 5.69 Å². The van der Waals surface area contributed by atoms with Gasteiger partial charge in [0.15, 0.2) is 0 Å². The molecule has 16 heavy (non-hydrogen) atoms. The third-order valence-electron chi connectivity index (χ3n) is 2.08. The highest BCUT2D eigenvalue weighted by Gasteiger charge is 2.28. The lowest BCUT2D eigenvalue weighted by Crippen LogP contribution is -2.23. The SMILES string of the molecule is Cc1nn(C(C)C)c(NCC(F)(F)F)c1N. The number of rotatable bonds is 3. The Kier molecular flexibility index (Phi) is 3.35. The summed E-state index contributed by atoms with van der Waals surface area (Å²) < 4.78 is 37.7. The second kappa shape index (κ2) is 4.23. The third-order valence-corrected chi connectivity index (χ3v) is 2.08. The van der Waals surface area contributed by atoms with E-state index in [1.54, 1.807) is 6.92 Å². The Balaban J connectivity index is 2.93. The van der Waals surface area contributed by atoms with Crippen molar-refractivity contribution >= 4 is 11.5 Å². The summed E-state index contributed by atoms with van der Waals surface area (Å²) in [5, 5.41) is 6.35. The van der Waals surface area contributed by atoms with E-state index < -0.39 is 12.7 Å². The van der Waals surface area contributed by atoms with Crippen molar-refractivity contribution < 1.29 is 13.2 Å². The number of halogens is 3. The molecule has 1 aromatic rings. The van der Waals surface area contributed by atoms with Gasteiger partial charge in [0.05, 0.1) is 11.4 Å². The van der Waals surface area contributed by atoms with Gasteiger partial charge in [0.25, 0.3) is 0 Å². The van der Waals surface area contributed by atoms with Crippen molar-refractivity contribution in [3.63, 3.8) is 0 Å². The molecule has 3 N–H and O–H groups in total. The van der Waals surface area contributed by atoms with Crippen LogP contribution in [0.15, 0.2) is 0 Å². The van der Waals surface area contributed by atoms with E-state index >= 15 is 0 Å². The number of nitrogens with one attached hydrogen (secondary N) is 1. The summed E-state index contributed by atoms with van der Waals surface area (Å²) >= 11 is 0.